The fraction of sp³-hybridized carbons (Fsp3) is 0.607. The second-order valence-electron chi connectivity index (χ2n) is 10.1. The summed E-state index contributed by atoms with van der Waals surface area (Å²) in [4.78, 5) is 14.2. The van der Waals surface area contributed by atoms with Crippen LogP contribution in [0.5, 0.6) is 11.5 Å². The lowest BCUT2D eigenvalue weighted by atomic mass is 9.74. The number of aliphatic hydroxyl groups excluding tert-OH is 1. The third-order valence-electron chi connectivity index (χ3n) is 7.79. The second-order valence-corrected chi connectivity index (χ2v) is 10.1. The third kappa shape index (κ3) is 5.27. The number of ketones is 1. The number of aliphatic hydroxyl groups is 1. The molecule has 0 saturated heterocycles. The molecule has 7 heteroatoms. The number of allylic oxidation sites excluding steroid dienone is 2. The Balaban J connectivity index is 1.81. The molecular weight excluding hydrogens is 448 g/mol. The highest BCUT2D eigenvalue weighted by Gasteiger charge is 2.50. The standard InChI is InChI=1S/C28H38O7/c1-28(2)18-8-13-22(28)27(34-17-31-3)26(30)25-21(6-5-7-23(25)33-15-14-29)24(16-18)35-20-11-9-19(32-4)10-12-20/h9-12,16,21-22,24,27,29H,5-8,13-15,17H2,1-4H3/b18-16+/t21-,22-,24+,27-/m1/s1. The van der Waals surface area contributed by atoms with Crippen LogP contribution in [0.15, 0.2) is 47.2 Å². The molecule has 192 valence electrons. The van der Waals surface area contributed by atoms with E-state index in [9.17, 15) is 9.90 Å². The van der Waals surface area contributed by atoms with Crippen molar-refractivity contribution in [1.82, 2.24) is 0 Å². The second kappa shape index (κ2) is 11.1. The molecule has 0 aliphatic heterocycles. The highest BCUT2D eigenvalue weighted by atomic mass is 16.7. The van der Waals surface area contributed by atoms with Crippen LogP contribution < -0.4 is 9.47 Å². The molecule has 1 aromatic rings. The molecule has 1 N–H and O–H groups in total. The number of hydrogen-bond donors (Lipinski definition) is 1. The van der Waals surface area contributed by atoms with Crippen molar-refractivity contribution >= 4 is 5.78 Å². The summed E-state index contributed by atoms with van der Waals surface area (Å²) >= 11 is 0. The minimum atomic E-state index is -0.626. The molecular formula is C28H38O7. The van der Waals surface area contributed by atoms with Crippen LogP contribution in [0.25, 0.3) is 0 Å². The quantitative estimate of drug-likeness (QED) is 0.408. The molecule has 0 aromatic heterocycles. The minimum absolute atomic E-state index is 0.0188. The molecule has 3 aliphatic rings. The first-order chi connectivity index (χ1) is 16.9. The number of ether oxygens (including phenoxy) is 5. The maximum atomic E-state index is 14.2. The van der Waals surface area contributed by atoms with E-state index in [1.807, 2.05) is 24.3 Å². The normalized spacial score (nSPS) is 29.4. The van der Waals surface area contributed by atoms with E-state index >= 15 is 0 Å². The van der Waals surface area contributed by atoms with E-state index in [0.29, 0.717) is 17.8 Å². The first-order valence-electron chi connectivity index (χ1n) is 12.5. The molecule has 0 amide bonds. The van der Waals surface area contributed by atoms with E-state index in [-0.39, 0.29) is 49.1 Å². The van der Waals surface area contributed by atoms with E-state index in [1.165, 1.54) is 5.57 Å². The number of carbonyl (C=O) groups is 1. The Morgan fingerprint density at radius 1 is 1.06 bits per heavy atom. The summed E-state index contributed by atoms with van der Waals surface area (Å²) < 4.78 is 29.1. The van der Waals surface area contributed by atoms with Gasteiger partial charge < -0.3 is 28.8 Å². The van der Waals surface area contributed by atoms with Crippen LogP contribution in [0, 0.1) is 17.3 Å². The fourth-order valence-electron chi connectivity index (χ4n) is 5.91. The minimum Gasteiger partial charge on any atom is -0.497 e. The van der Waals surface area contributed by atoms with Crippen molar-refractivity contribution in [3.8, 4) is 11.5 Å². The van der Waals surface area contributed by atoms with Crippen LogP contribution in [-0.4, -0.2) is 57.3 Å². The van der Waals surface area contributed by atoms with Gasteiger partial charge in [0.05, 0.1) is 13.7 Å². The Morgan fingerprint density at radius 3 is 2.49 bits per heavy atom. The Morgan fingerprint density at radius 2 is 1.80 bits per heavy atom. The van der Waals surface area contributed by atoms with Gasteiger partial charge in [0, 0.05) is 30.9 Å². The van der Waals surface area contributed by atoms with Crippen LogP contribution >= 0.6 is 0 Å². The monoisotopic (exact) mass is 486 g/mol. The van der Waals surface area contributed by atoms with Gasteiger partial charge in [-0.1, -0.05) is 19.4 Å². The molecule has 1 fully saturated rings. The van der Waals surface area contributed by atoms with E-state index in [1.54, 1.807) is 14.2 Å². The molecule has 35 heavy (non-hydrogen) atoms. The average Bonchev–Trinajstić information content (AvgIpc) is 3.16. The molecule has 0 spiro atoms. The lowest BCUT2D eigenvalue weighted by Gasteiger charge is -2.35. The van der Waals surface area contributed by atoms with Gasteiger partial charge >= 0.3 is 0 Å². The van der Waals surface area contributed by atoms with Gasteiger partial charge in [-0.15, -0.1) is 0 Å². The smallest absolute Gasteiger partial charge is 0.191 e. The van der Waals surface area contributed by atoms with Gasteiger partial charge in [0.1, 0.15) is 42.9 Å². The number of methoxy groups -OCH3 is 2. The first-order valence-corrected chi connectivity index (χ1v) is 12.5. The maximum Gasteiger partial charge on any atom is 0.191 e. The van der Waals surface area contributed by atoms with Gasteiger partial charge in [0.15, 0.2) is 5.78 Å². The van der Waals surface area contributed by atoms with Crippen LogP contribution in [0.2, 0.25) is 0 Å². The van der Waals surface area contributed by atoms with Crippen LogP contribution in [0.3, 0.4) is 0 Å². The molecule has 0 unspecified atom stereocenters. The van der Waals surface area contributed by atoms with Gasteiger partial charge in [0.2, 0.25) is 0 Å². The van der Waals surface area contributed by atoms with E-state index < -0.39 is 6.10 Å². The zero-order valence-electron chi connectivity index (χ0n) is 21.2. The van der Waals surface area contributed by atoms with Crippen LogP contribution in [-0.2, 0) is 19.0 Å². The third-order valence-corrected chi connectivity index (χ3v) is 7.79. The molecule has 3 aliphatic carbocycles. The SMILES string of the molecule is COCO[C@H]1C(=O)C2=C(OCCO)CCC[C@@H]2[C@@H](Oc2ccc(OC)cc2)/C=C2\CC[C@H]1C2(C)C. The predicted molar refractivity (Wildman–Crippen MR) is 131 cm³/mol. The summed E-state index contributed by atoms with van der Waals surface area (Å²) in [5.41, 5.74) is 1.71. The first kappa shape index (κ1) is 25.7. The van der Waals surface area contributed by atoms with Gasteiger partial charge in [-0.2, -0.15) is 0 Å². The number of fused-ring (bicyclic) bond motifs is 3. The molecule has 1 saturated carbocycles. The number of rotatable bonds is 9. The maximum absolute atomic E-state index is 14.2. The molecule has 4 atom stereocenters. The Labute approximate surface area is 208 Å². The Bertz CT molecular complexity index is 947. The summed E-state index contributed by atoms with van der Waals surface area (Å²) in [6.45, 7) is 4.50. The summed E-state index contributed by atoms with van der Waals surface area (Å²) in [5.74, 6) is 1.94. The van der Waals surface area contributed by atoms with Crippen molar-refractivity contribution in [1.29, 1.82) is 0 Å². The molecule has 4 rings (SSSR count). The van der Waals surface area contributed by atoms with E-state index in [0.717, 1.165) is 37.2 Å². The van der Waals surface area contributed by atoms with Crippen LogP contribution in [0.4, 0.5) is 0 Å². The number of Topliss-reactive ketones (excluding diaryl/α,β-unsaturated/α-hetero) is 1. The van der Waals surface area contributed by atoms with Crippen molar-refractivity contribution in [2.75, 3.05) is 34.2 Å². The van der Waals surface area contributed by atoms with Gasteiger partial charge in [-0.25, -0.2) is 0 Å². The largest absolute Gasteiger partial charge is 0.497 e. The van der Waals surface area contributed by atoms with Crippen molar-refractivity contribution < 1.29 is 33.6 Å². The molecule has 1 aromatic carbocycles. The summed E-state index contributed by atoms with van der Waals surface area (Å²) in [6.07, 6.45) is 5.40. The lowest BCUT2D eigenvalue weighted by Crippen LogP contribution is -2.42. The molecule has 0 heterocycles. The molecule has 2 bridgehead atoms. The lowest BCUT2D eigenvalue weighted by molar-refractivity contribution is -0.146. The van der Waals surface area contributed by atoms with Crippen molar-refractivity contribution in [2.45, 2.75) is 58.2 Å². The van der Waals surface area contributed by atoms with Gasteiger partial charge in [0.25, 0.3) is 0 Å². The van der Waals surface area contributed by atoms with Gasteiger partial charge in [-0.3, -0.25) is 4.79 Å². The highest BCUT2D eigenvalue weighted by Crippen LogP contribution is 2.52. The summed E-state index contributed by atoms with van der Waals surface area (Å²) in [7, 11) is 3.21. The number of benzene rings is 1. The van der Waals surface area contributed by atoms with Crippen molar-refractivity contribution in [3.05, 3.63) is 47.2 Å². The van der Waals surface area contributed by atoms with E-state index in [2.05, 4.69) is 19.9 Å². The topological polar surface area (TPSA) is 83.5 Å². The zero-order chi connectivity index (χ0) is 25.0. The predicted octanol–water partition coefficient (Wildman–Crippen LogP) is 4.44. The molecule has 0 radical (unpaired) electrons. The Kier molecular flexibility index (Phi) is 8.19. The summed E-state index contributed by atoms with van der Waals surface area (Å²) in [6, 6.07) is 7.54. The van der Waals surface area contributed by atoms with Crippen molar-refractivity contribution in [3.63, 3.8) is 0 Å². The van der Waals surface area contributed by atoms with Crippen LogP contribution in [0.1, 0.15) is 46.0 Å². The highest BCUT2D eigenvalue weighted by molar-refractivity contribution is 6.00. The van der Waals surface area contributed by atoms with E-state index in [4.69, 9.17) is 23.7 Å². The Hall–Kier alpha value is -2.35. The van der Waals surface area contributed by atoms with Gasteiger partial charge in [-0.05, 0) is 61.4 Å². The summed E-state index contributed by atoms with van der Waals surface area (Å²) in [5, 5.41) is 9.40. The van der Waals surface area contributed by atoms with Crippen molar-refractivity contribution in [2.24, 2.45) is 17.3 Å². The molecule has 7 nitrogen and oxygen atoms in total. The number of hydrogen-bond acceptors (Lipinski definition) is 7. The zero-order valence-corrected chi connectivity index (χ0v) is 21.2. The fourth-order valence-corrected chi connectivity index (χ4v) is 5.91. The average molecular weight is 487 g/mol. The number of carbonyl (C=O) groups excluding carboxylic acids is 1.